The average Bonchev–Trinajstić information content (AvgIpc) is 2.46. The first-order valence-corrected chi connectivity index (χ1v) is 7.86. The number of alkyl carbamates (subject to hydrolysis) is 1. The number of aryl methyl sites for hydroxylation is 1. The Morgan fingerprint density at radius 3 is 2.44 bits per heavy atom. The fourth-order valence-electron chi connectivity index (χ4n) is 2.22. The molecule has 1 rings (SSSR count). The summed E-state index contributed by atoms with van der Waals surface area (Å²) in [5.41, 5.74) is 1.21. The van der Waals surface area contributed by atoms with Gasteiger partial charge in [-0.15, -0.1) is 0 Å². The van der Waals surface area contributed by atoms with Crippen molar-refractivity contribution in [3.63, 3.8) is 0 Å². The van der Waals surface area contributed by atoms with Crippen molar-refractivity contribution >= 4 is 23.7 Å². The molecule has 25 heavy (non-hydrogen) atoms. The maximum Gasteiger partial charge on any atom is 0.408 e. The molecule has 0 aromatic heterocycles. The number of rotatable bonds is 7. The molecule has 1 aromatic rings. The van der Waals surface area contributed by atoms with Crippen LogP contribution in [0.5, 0.6) is 0 Å². The number of hydrogen-bond donors (Lipinski definition) is 3. The average molecular weight is 354 g/mol. The van der Waals surface area contributed by atoms with Gasteiger partial charge in [0.05, 0.1) is 6.10 Å². The molecule has 0 unspecified atom stereocenters. The van der Waals surface area contributed by atoms with Gasteiger partial charge in [0.25, 0.3) is 0 Å². The zero-order chi connectivity index (χ0) is 19.1. The number of hydrogen-bond acceptors (Lipinski definition) is 4. The van der Waals surface area contributed by atoms with E-state index in [0.717, 1.165) is 0 Å². The summed E-state index contributed by atoms with van der Waals surface area (Å²) in [7, 11) is 0. The smallest absolute Gasteiger partial charge is 0.408 e. The predicted octanol–water partition coefficient (Wildman–Crippen LogP) is 2.61. The Morgan fingerprint density at radius 2 is 1.92 bits per heavy atom. The highest BCUT2D eigenvalue weighted by Gasteiger charge is 2.22. The van der Waals surface area contributed by atoms with Gasteiger partial charge in [0.1, 0.15) is 11.9 Å². The molecule has 0 aliphatic carbocycles. The number of amides is 2. The zero-order valence-corrected chi connectivity index (χ0v) is 14.7. The Labute approximate surface area is 145 Å². The van der Waals surface area contributed by atoms with Gasteiger partial charge in [-0.2, -0.15) is 0 Å². The number of halogens is 1. The van der Waals surface area contributed by atoms with Crippen molar-refractivity contribution in [3.8, 4) is 0 Å². The summed E-state index contributed by atoms with van der Waals surface area (Å²) in [5.74, 6) is -2.05. The Hall–Kier alpha value is -2.64. The molecule has 0 aliphatic rings. The number of anilines is 1. The van der Waals surface area contributed by atoms with Crippen LogP contribution < -0.4 is 10.6 Å². The molecule has 0 spiro atoms. The van der Waals surface area contributed by atoms with Crippen LogP contribution in [0.25, 0.3) is 0 Å². The van der Waals surface area contributed by atoms with Gasteiger partial charge in [0.2, 0.25) is 5.91 Å². The van der Waals surface area contributed by atoms with Gasteiger partial charge in [0.15, 0.2) is 0 Å². The summed E-state index contributed by atoms with van der Waals surface area (Å²) in [4.78, 5) is 34.0. The Morgan fingerprint density at radius 1 is 1.28 bits per heavy atom. The quantitative estimate of drug-likeness (QED) is 0.698. The van der Waals surface area contributed by atoms with Crippen molar-refractivity contribution in [1.82, 2.24) is 5.32 Å². The van der Waals surface area contributed by atoms with Crippen LogP contribution in [0.4, 0.5) is 14.9 Å². The van der Waals surface area contributed by atoms with Crippen LogP contribution in [0.2, 0.25) is 0 Å². The van der Waals surface area contributed by atoms with Crippen LogP contribution >= 0.6 is 0 Å². The number of nitrogens with one attached hydrogen (secondary N) is 2. The van der Waals surface area contributed by atoms with Crippen LogP contribution in [-0.4, -0.2) is 35.2 Å². The third-order valence-electron chi connectivity index (χ3n) is 3.41. The lowest BCUT2D eigenvalue weighted by Crippen LogP contribution is -2.42. The van der Waals surface area contributed by atoms with Gasteiger partial charge < -0.3 is 20.5 Å². The molecule has 0 bridgehead atoms. The number of carbonyl (C=O) groups excluding carboxylic acids is 2. The predicted molar refractivity (Wildman–Crippen MR) is 89.9 cm³/mol. The zero-order valence-electron chi connectivity index (χ0n) is 14.7. The van der Waals surface area contributed by atoms with E-state index in [2.05, 4.69) is 10.6 Å². The lowest BCUT2D eigenvalue weighted by atomic mass is 9.99. The lowest BCUT2D eigenvalue weighted by molar-refractivity contribution is -0.139. The molecule has 0 radical (unpaired) electrons. The number of carboxylic acids is 1. The minimum absolute atomic E-state index is 0.0479. The van der Waals surface area contributed by atoms with Crippen LogP contribution in [0.15, 0.2) is 12.1 Å². The van der Waals surface area contributed by atoms with E-state index in [9.17, 15) is 23.9 Å². The van der Waals surface area contributed by atoms with Gasteiger partial charge in [-0.3, -0.25) is 4.79 Å². The molecule has 1 aromatic carbocycles. The molecule has 1 atom stereocenters. The van der Waals surface area contributed by atoms with Crippen LogP contribution in [-0.2, 0) is 20.7 Å². The van der Waals surface area contributed by atoms with Crippen LogP contribution in [0, 0.1) is 12.7 Å². The summed E-state index contributed by atoms with van der Waals surface area (Å²) in [5, 5.41) is 14.0. The topological polar surface area (TPSA) is 105 Å². The molecule has 3 N–H and O–H groups in total. The van der Waals surface area contributed by atoms with Crippen molar-refractivity contribution in [3.05, 3.63) is 29.1 Å². The summed E-state index contributed by atoms with van der Waals surface area (Å²) < 4.78 is 18.8. The highest BCUT2D eigenvalue weighted by atomic mass is 19.1. The number of ether oxygens (including phenoxy) is 1. The van der Waals surface area contributed by atoms with E-state index >= 15 is 0 Å². The van der Waals surface area contributed by atoms with E-state index in [1.807, 2.05) is 0 Å². The third-order valence-corrected chi connectivity index (χ3v) is 3.41. The fraction of sp³-hybridized carbons (Fsp3) is 0.471. The second kappa shape index (κ2) is 9.00. The second-order valence-corrected chi connectivity index (χ2v) is 5.95. The third kappa shape index (κ3) is 6.78. The summed E-state index contributed by atoms with van der Waals surface area (Å²) >= 11 is 0. The number of benzene rings is 1. The normalized spacial score (nSPS) is 11.8. The van der Waals surface area contributed by atoms with Gasteiger partial charge in [-0.05, 0) is 56.9 Å². The standard InChI is InChI=1S/C17H23FN2O5/c1-9(2)25-17(24)20-15(16(22)23)6-5-12-7-13(19-11(4)21)8-14(18)10(12)3/h7-9,15H,5-6H2,1-4H3,(H,19,21)(H,20,24)(H,22,23)/t15-/m0/s1. The molecule has 0 aliphatic heterocycles. The van der Waals surface area contributed by atoms with Gasteiger partial charge >= 0.3 is 12.1 Å². The highest BCUT2D eigenvalue weighted by Crippen LogP contribution is 2.21. The van der Waals surface area contributed by atoms with Crippen molar-refractivity contribution in [2.45, 2.75) is 52.7 Å². The van der Waals surface area contributed by atoms with Crippen LogP contribution in [0.1, 0.15) is 38.3 Å². The highest BCUT2D eigenvalue weighted by molar-refractivity contribution is 5.88. The second-order valence-electron chi connectivity index (χ2n) is 5.95. The Balaban J connectivity index is 2.85. The molecular formula is C17H23FN2O5. The van der Waals surface area contributed by atoms with Crippen molar-refractivity contribution < 1.29 is 28.6 Å². The first-order valence-electron chi connectivity index (χ1n) is 7.86. The van der Waals surface area contributed by atoms with E-state index in [0.29, 0.717) is 16.8 Å². The van der Waals surface area contributed by atoms with Crippen molar-refractivity contribution in [2.75, 3.05) is 5.32 Å². The van der Waals surface area contributed by atoms with Crippen molar-refractivity contribution in [2.24, 2.45) is 0 Å². The maximum absolute atomic E-state index is 14.0. The van der Waals surface area contributed by atoms with Gasteiger partial charge in [-0.1, -0.05) is 0 Å². The van der Waals surface area contributed by atoms with E-state index in [1.165, 1.54) is 13.0 Å². The van der Waals surface area contributed by atoms with E-state index < -0.39 is 23.9 Å². The molecule has 7 nitrogen and oxygen atoms in total. The summed E-state index contributed by atoms with van der Waals surface area (Å²) in [6.07, 6.45) is -0.945. The Kier molecular flexibility index (Phi) is 7.35. The largest absolute Gasteiger partial charge is 0.480 e. The molecule has 0 saturated carbocycles. The molecule has 0 fully saturated rings. The summed E-state index contributed by atoms with van der Waals surface area (Å²) in [6, 6.07) is 1.62. The molecular weight excluding hydrogens is 331 g/mol. The van der Waals surface area contributed by atoms with Gasteiger partial charge in [0, 0.05) is 12.6 Å². The number of aliphatic carboxylic acids is 1. The first-order chi connectivity index (χ1) is 11.6. The van der Waals surface area contributed by atoms with E-state index in [1.54, 1.807) is 26.8 Å². The number of carbonyl (C=O) groups is 3. The molecule has 138 valence electrons. The molecule has 8 heteroatoms. The fourth-order valence-corrected chi connectivity index (χ4v) is 2.22. The van der Waals surface area contributed by atoms with E-state index in [-0.39, 0.29) is 24.9 Å². The first kappa shape index (κ1) is 20.4. The Bertz CT molecular complexity index is 661. The number of carboxylic acid groups (broad SMARTS) is 1. The minimum atomic E-state index is -1.21. The summed E-state index contributed by atoms with van der Waals surface area (Å²) in [6.45, 7) is 6.17. The van der Waals surface area contributed by atoms with Crippen molar-refractivity contribution in [1.29, 1.82) is 0 Å². The minimum Gasteiger partial charge on any atom is -0.480 e. The SMILES string of the molecule is CC(=O)Nc1cc(F)c(C)c(CC[C@H](NC(=O)OC(C)C)C(=O)O)c1. The lowest BCUT2D eigenvalue weighted by Gasteiger charge is -2.17. The molecule has 2 amide bonds. The van der Waals surface area contributed by atoms with Gasteiger partial charge in [-0.25, -0.2) is 14.0 Å². The monoisotopic (exact) mass is 354 g/mol. The molecule has 0 heterocycles. The molecule has 0 saturated heterocycles. The van der Waals surface area contributed by atoms with E-state index in [4.69, 9.17) is 4.74 Å². The maximum atomic E-state index is 14.0. The van der Waals surface area contributed by atoms with Crippen LogP contribution in [0.3, 0.4) is 0 Å².